The fourth-order valence-electron chi connectivity index (χ4n) is 7.06. The maximum atomic E-state index is 13.8. The second kappa shape index (κ2) is 11.7. The molecule has 2 aromatic carbocycles. The summed E-state index contributed by atoms with van der Waals surface area (Å²) < 4.78 is 23.1. The average molecular weight is 616 g/mol. The molecule has 2 heterocycles. The zero-order valence-corrected chi connectivity index (χ0v) is 24.4. The predicted molar refractivity (Wildman–Crippen MR) is 151 cm³/mol. The second-order valence-electron chi connectivity index (χ2n) is 11.9. The van der Waals surface area contributed by atoms with Gasteiger partial charge in [-0.05, 0) is 13.0 Å². The van der Waals surface area contributed by atoms with Gasteiger partial charge in [-0.15, -0.1) is 0 Å². The first-order valence-electron chi connectivity index (χ1n) is 14.7. The van der Waals surface area contributed by atoms with Gasteiger partial charge in [0.25, 0.3) is 0 Å². The minimum atomic E-state index is -2.04. The number of hydrogen-bond acceptors (Lipinski definition) is 13. The number of phenols is 2. The highest BCUT2D eigenvalue weighted by molar-refractivity contribution is 6.31. The predicted octanol–water partition coefficient (Wildman–Crippen LogP) is 0.167. The van der Waals surface area contributed by atoms with Crippen LogP contribution in [-0.4, -0.2) is 123 Å². The molecule has 0 spiro atoms. The van der Waals surface area contributed by atoms with Crippen LogP contribution in [0.2, 0.25) is 0 Å². The molecule has 7 atom stereocenters. The van der Waals surface area contributed by atoms with Crippen LogP contribution in [0.25, 0.3) is 0 Å². The standard InChI is InChI=1S/C31H37NO12/c1-14-26(35)17(32-6-8-42-9-7-32)10-21(43-14)44-19-12-31(40,20(34)13-33)11-16-23(19)30(39)25-24(28(16)37)27(36)15-4-3-5-18(41-2)22(15)29(25)38/h3-5,14,17,19-21,26,33-35,37,39-40H,6-13H2,1-2H3/t14-,17-,19-,20-,21+,26-,31+/m1/s1. The number of fused-ring (bicyclic) bond motifs is 3. The molecule has 0 unspecified atom stereocenters. The molecule has 238 valence electrons. The number of carbonyl (C=O) groups is 2. The number of aliphatic hydroxyl groups excluding tert-OH is 3. The van der Waals surface area contributed by atoms with Gasteiger partial charge < -0.3 is 49.6 Å². The van der Waals surface area contributed by atoms with Crippen LogP contribution >= 0.6 is 0 Å². The van der Waals surface area contributed by atoms with Crippen molar-refractivity contribution in [2.24, 2.45) is 0 Å². The number of methoxy groups -OCH3 is 1. The van der Waals surface area contributed by atoms with Gasteiger partial charge >= 0.3 is 0 Å². The number of aliphatic hydroxyl groups is 4. The van der Waals surface area contributed by atoms with Gasteiger partial charge in [-0.2, -0.15) is 0 Å². The summed E-state index contributed by atoms with van der Waals surface area (Å²) in [6, 6.07) is 4.09. The molecule has 13 heteroatoms. The van der Waals surface area contributed by atoms with Crippen LogP contribution in [0.5, 0.6) is 17.2 Å². The summed E-state index contributed by atoms with van der Waals surface area (Å²) in [7, 11) is 1.34. The van der Waals surface area contributed by atoms with Crippen molar-refractivity contribution in [3.8, 4) is 17.2 Å². The van der Waals surface area contributed by atoms with Crippen molar-refractivity contribution in [1.29, 1.82) is 0 Å². The molecule has 0 aromatic heterocycles. The molecule has 2 aliphatic carbocycles. The highest BCUT2D eigenvalue weighted by Gasteiger charge is 2.50. The Kier molecular flexibility index (Phi) is 8.18. The second-order valence-corrected chi connectivity index (χ2v) is 11.9. The Morgan fingerprint density at radius 2 is 1.80 bits per heavy atom. The lowest BCUT2D eigenvalue weighted by molar-refractivity contribution is -0.263. The number of rotatable bonds is 6. The van der Waals surface area contributed by atoms with Crippen LogP contribution < -0.4 is 4.74 Å². The number of benzene rings is 2. The summed E-state index contributed by atoms with van der Waals surface area (Å²) in [6.07, 6.45) is -5.99. The molecule has 13 nitrogen and oxygen atoms in total. The molecule has 0 bridgehead atoms. The summed E-state index contributed by atoms with van der Waals surface area (Å²) in [4.78, 5) is 29.6. The van der Waals surface area contributed by atoms with Gasteiger partial charge in [-0.3, -0.25) is 14.5 Å². The zero-order chi connectivity index (χ0) is 31.5. The number of morpholine rings is 1. The van der Waals surface area contributed by atoms with Crippen molar-refractivity contribution in [3.63, 3.8) is 0 Å². The van der Waals surface area contributed by atoms with Crippen LogP contribution in [0, 0.1) is 0 Å². The zero-order valence-electron chi connectivity index (χ0n) is 24.4. The highest BCUT2D eigenvalue weighted by Crippen LogP contribution is 2.53. The monoisotopic (exact) mass is 615 g/mol. The minimum absolute atomic E-state index is 0.0249. The van der Waals surface area contributed by atoms with Crippen molar-refractivity contribution in [1.82, 2.24) is 4.90 Å². The van der Waals surface area contributed by atoms with Gasteiger partial charge in [-0.25, -0.2) is 0 Å². The van der Waals surface area contributed by atoms with Crippen LogP contribution in [0.4, 0.5) is 0 Å². The number of ketones is 2. The summed E-state index contributed by atoms with van der Waals surface area (Å²) >= 11 is 0. The van der Waals surface area contributed by atoms with E-state index in [1.807, 2.05) is 0 Å². The van der Waals surface area contributed by atoms with E-state index in [9.17, 15) is 40.2 Å². The quantitative estimate of drug-likeness (QED) is 0.206. The van der Waals surface area contributed by atoms with Crippen LogP contribution in [0.1, 0.15) is 68.8 Å². The number of aromatic hydroxyl groups is 2. The molecule has 2 aromatic rings. The Labute approximate surface area is 253 Å². The molecular weight excluding hydrogens is 578 g/mol. The molecule has 6 rings (SSSR count). The molecule has 2 aliphatic heterocycles. The van der Waals surface area contributed by atoms with Gasteiger partial charge in [-0.1, -0.05) is 12.1 Å². The molecule has 6 N–H and O–H groups in total. The number of nitrogens with zero attached hydrogens (tertiary/aromatic N) is 1. The Morgan fingerprint density at radius 1 is 1.09 bits per heavy atom. The van der Waals surface area contributed by atoms with Crippen molar-refractivity contribution in [2.45, 2.75) is 68.5 Å². The summed E-state index contributed by atoms with van der Waals surface area (Å²) in [5, 5.41) is 66.1. The largest absolute Gasteiger partial charge is 0.507 e. The summed E-state index contributed by atoms with van der Waals surface area (Å²) in [5.74, 6) is -2.60. The maximum absolute atomic E-state index is 13.8. The van der Waals surface area contributed by atoms with E-state index < -0.39 is 83.5 Å². The first-order valence-corrected chi connectivity index (χ1v) is 14.7. The Balaban J connectivity index is 1.44. The lowest BCUT2D eigenvalue weighted by atomic mass is 9.71. The molecule has 2 fully saturated rings. The summed E-state index contributed by atoms with van der Waals surface area (Å²) in [6.45, 7) is 3.08. The number of hydrogen-bond donors (Lipinski definition) is 6. The van der Waals surface area contributed by atoms with E-state index in [0.717, 1.165) is 0 Å². The van der Waals surface area contributed by atoms with Gasteiger partial charge in [0.15, 0.2) is 12.1 Å². The van der Waals surface area contributed by atoms with Gasteiger partial charge in [0.2, 0.25) is 5.78 Å². The first-order chi connectivity index (χ1) is 21.0. The third-order valence-electron chi connectivity index (χ3n) is 9.40. The van der Waals surface area contributed by atoms with E-state index in [1.54, 1.807) is 6.92 Å². The number of phenolic OH excluding ortho intramolecular Hbond substituents is 2. The van der Waals surface area contributed by atoms with Gasteiger partial charge in [0.1, 0.15) is 23.4 Å². The fraction of sp³-hybridized carbons (Fsp3) is 0.548. The molecule has 0 amide bonds. The van der Waals surface area contributed by atoms with E-state index in [-0.39, 0.29) is 46.9 Å². The molecule has 44 heavy (non-hydrogen) atoms. The molecule has 0 saturated carbocycles. The number of carbonyl (C=O) groups excluding carboxylic acids is 2. The number of ether oxygens (including phenoxy) is 4. The molecular formula is C31H37NO12. The Bertz CT molecular complexity index is 1470. The third kappa shape index (κ3) is 4.88. The molecule has 2 saturated heterocycles. The van der Waals surface area contributed by atoms with Crippen molar-refractivity contribution < 1.29 is 59.2 Å². The van der Waals surface area contributed by atoms with Gasteiger partial charge in [0.05, 0.1) is 67.5 Å². The minimum Gasteiger partial charge on any atom is -0.507 e. The Morgan fingerprint density at radius 3 is 2.48 bits per heavy atom. The van der Waals surface area contributed by atoms with E-state index in [4.69, 9.17) is 18.9 Å². The van der Waals surface area contributed by atoms with Crippen molar-refractivity contribution in [3.05, 3.63) is 51.6 Å². The third-order valence-corrected chi connectivity index (χ3v) is 9.40. The van der Waals surface area contributed by atoms with Crippen molar-refractivity contribution in [2.75, 3.05) is 40.0 Å². The van der Waals surface area contributed by atoms with Crippen LogP contribution in [0.15, 0.2) is 18.2 Å². The smallest absolute Gasteiger partial charge is 0.202 e. The molecule has 4 aliphatic rings. The fourth-order valence-corrected chi connectivity index (χ4v) is 7.06. The first kappa shape index (κ1) is 30.9. The lowest BCUT2D eigenvalue weighted by Crippen LogP contribution is -2.58. The SMILES string of the molecule is COc1cccc2c1C(=O)c1c(O)c3c(c(O)c1C2=O)C[C@@](O)([C@H](O)CO)C[C@H]3O[C@H]1C[C@@H](N2CCOCC2)[C@H](O)[C@@H](C)O1. The normalized spacial score (nSPS) is 31.2. The van der Waals surface area contributed by atoms with E-state index in [1.165, 1.54) is 25.3 Å². The summed E-state index contributed by atoms with van der Waals surface area (Å²) in [5.41, 5.74) is -3.14. The van der Waals surface area contributed by atoms with Crippen LogP contribution in [-0.2, 0) is 20.6 Å². The lowest BCUT2D eigenvalue weighted by Gasteiger charge is -2.46. The van der Waals surface area contributed by atoms with Gasteiger partial charge in [0, 0.05) is 55.1 Å². The van der Waals surface area contributed by atoms with E-state index >= 15 is 0 Å². The van der Waals surface area contributed by atoms with Crippen molar-refractivity contribution >= 4 is 11.6 Å². The maximum Gasteiger partial charge on any atom is 0.202 e. The average Bonchev–Trinajstić information content (AvgIpc) is 3.02. The molecule has 0 radical (unpaired) electrons. The van der Waals surface area contributed by atoms with Crippen LogP contribution in [0.3, 0.4) is 0 Å². The highest BCUT2D eigenvalue weighted by atomic mass is 16.7. The van der Waals surface area contributed by atoms with E-state index in [0.29, 0.717) is 26.3 Å². The Hall–Kier alpha value is -3.14. The van der Waals surface area contributed by atoms with E-state index in [2.05, 4.69) is 4.90 Å². The topological polar surface area (TPSA) is 196 Å².